The second-order valence-electron chi connectivity index (χ2n) is 21.2. The van der Waals surface area contributed by atoms with Gasteiger partial charge in [0.05, 0.1) is 55.3 Å². The van der Waals surface area contributed by atoms with Gasteiger partial charge in [0, 0.05) is 28.0 Å². The van der Waals surface area contributed by atoms with E-state index in [2.05, 4.69) is 46.0 Å². The molecule has 0 radical (unpaired) electrons. The molecule has 0 aliphatic carbocycles. The third kappa shape index (κ3) is 18.7. The molecule has 0 aliphatic heterocycles. The monoisotopic (exact) mass is 1560 g/mol. The zero-order chi connectivity index (χ0) is 75.0. The molecule has 0 fully saturated rings. The van der Waals surface area contributed by atoms with Gasteiger partial charge in [0.2, 0.25) is 5.69 Å². The number of fused-ring (bicyclic) bond motifs is 2. The first-order valence-electron chi connectivity index (χ1n) is 27.9. The van der Waals surface area contributed by atoms with Crippen molar-refractivity contribution < 1.29 is 109 Å². The fourth-order valence-corrected chi connectivity index (χ4v) is 14.9. The molecule has 0 spiro atoms. The smallest absolute Gasteiger partial charge is 0.295 e. The molecule has 35 nitrogen and oxygen atoms in total. The molecule has 10 aromatic rings. The summed E-state index contributed by atoms with van der Waals surface area (Å²) < 4.78 is 276. The minimum Gasteiger partial charge on any atom is -0.594 e. The molecule has 10 rings (SSSR count). The molecule has 43 heteroatoms. The van der Waals surface area contributed by atoms with Crippen LogP contribution < -0.4 is 0 Å². The second-order valence-corrected chi connectivity index (χ2v) is 32.4. The Balaban J connectivity index is 0.816. The Morgan fingerprint density at radius 1 is 0.252 bits per heavy atom. The normalized spacial score (nSPS) is 13.5. The third-order valence-corrected chi connectivity index (χ3v) is 21.2. The molecule has 0 unspecified atom stereocenters. The van der Waals surface area contributed by atoms with E-state index in [4.69, 9.17) is 0 Å². The first-order chi connectivity index (χ1) is 47.9. The van der Waals surface area contributed by atoms with Gasteiger partial charge in [0.1, 0.15) is 35.1 Å². The molecule has 530 valence electrons. The number of nitrogens with zero attached hydrogens (tertiary/aromatic N) is 10. The molecule has 8 N–H and O–H groups in total. The quantitative estimate of drug-likeness (QED) is 0.0103. The first kappa shape index (κ1) is 75.0. The van der Waals surface area contributed by atoms with Gasteiger partial charge in [-0.25, -0.2) is 0 Å². The Labute approximate surface area is 582 Å². The van der Waals surface area contributed by atoms with Gasteiger partial charge in [-0.3, -0.25) is 36.4 Å². The van der Waals surface area contributed by atoms with Gasteiger partial charge in [0.25, 0.3) is 80.9 Å². The number of rotatable bonds is 22. The van der Waals surface area contributed by atoms with Crippen LogP contribution in [0.1, 0.15) is 22.3 Å². The highest BCUT2D eigenvalue weighted by Crippen LogP contribution is 2.37. The zero-order valence-electron chi connectivity index (χ0n) is 50.9. The minimum atomic E-state index is -5.22. The fraction of sp³-hybridized carbons (Fsp3) is 0. The van der Waals surface area contributed by atoms with Crippen LogP contribution in [0, 0.1) is 5.21 Å². The maximum absolute atomic E-state index is 13.4. The fourth-order valence-electron chi connectivity index (χ4n) is 9.42. The maximum Gasteiger partial charge on any atom is 0.295 e. The van der Waals surface area contributed by atoms with Crippen molar-refractivity contribution in [3.8, 4) is 0 Å². The summed E-state index contributed by atoms with van der Waals surface area (Å²) in [6, 6.07) is 34.2. The predicted molar refractivity (Wildman–Crippen MR) is 365 cm³/mol. The molecule has 0 saturated carbocycles. The van der Waals surface area contributed by atoms with Crippen molar-refractivity contribution in [1.82, 2.24) is 0 Å². The van der Waals surface area contributed by atoms with Crippen molar-refractivity contribution in [2.45, 2.75) is 39.2 Å². The first-order valence-corrected chi connectivity index (χ1v) is 39.4. The van der Waals surface area contributed by atoms with E-state index in [1.807, 2.05) is 0 Å². The average Bonchev–Trinajstić information content (AvgIpc) is 0.779. The van der Waals surface area contributed by atoms with Crippen LogP contribution in [0.4, 0.5) is 56.9 Å². The van der Waals surface area contributed by atoms with Gasteiger partial charge in [0.15, 0.2) is 0 Å². The zero-order valence-corrected chi connectivity index (χ0v) is 57.4. The summed E-state index contributed by atoms with van der Waals surface area (Å²) in [6.07, 6.45) is 4.08. The summed E-state index contributed by atoms with van der Waals surface area (Å²) in [6.45, 7) is 0. The summed E-state index contributed by atoms with van der Waals surface area (Å²) in [7, 11) is -40.2. The molecule has 0 saturated heterocycles. The van der Waals surface area contributed by atoms with Crippen LogP contribution in [0.3, 0.4) is 0 Å². The molecule has 10 aromatic carbocycles. The summed E-state index contributed by atoms with van der Waals surface area (Å²) in [5.41, 5.74) is -1.51. The van der Waals surface area contributed by atoms with E-state index in [0.717, 1.165) is 85.0 Å². The number of benzene rings is 10. The van der Waals surface area contributed by atoms with Crippen LogP contribution in [-0.2, 0) is 80.9 Å². The maximum atomic E-state index is 13.4. The SMILES string of the molecule is O=S(=O)(O)c1cc(S(=O)(=O)O)c2cc(N=Nc3ccc(N=Nc4ccc(/C=C\c5ccc(N=[N+]([O-])c6ccc(/C=C\c7ccc(N=Nc8ccc(N=Nc9ccc%10cc(S(=O)(=O)O)cc(S(=O)(=O)O)c%10c9)cc8)cc7S(=O)(=O)O)c(S(=O)(=O)O)c6)cc5S(=O)(=O)O)c(S(=O)(=O)O)c4)cc3)ccc2c1. The van der Waals surface area contributed by atoms with Crippen molar-refractivity contribution in [3.05, 3.63) is 209 Å². The van der Waals surface area contributed by atoms with E-state index in [0.29, 0.717) is 24.3 Å². The van der Waals surface area contributed by atoms with Gasteiger partial charge in [-0.05, 0) is 173 Å². The summed E-state index contributed by atoms with van der Waals surface area (Å²) in [5, 5.41) is 49.2. The number of hydrogen-bond donors (Lipinski definition) is 8. The third-order valence-electron chi connectivity index (χ3n) is 14.1. The lowest BCUT2D eigenvalue weighted by atomic mass is 10.1. The van der Waals surface area contributed by atoms with E-state index in [1.54, 1.807) is 0 Å². The van der Waals surface area contributed by atoms with Crippen molar-refractivity contribution in [2.75, 3.05) is 0 Å². The van der Waals surface area contributed by atoms with Gasteiger partial charge in [-0.1, -0.05) is 59.5 Å². The number of hydrogen-bond acceptors (Lipinski definition) is 26. The summed E-state index contributed by atoms with van der Waals surface area (Å²) in [4.78, 5) is -6.72. The van der Waals surface area contributed by atoms with Crippen molar-refractivity contribution >= 4 is 184 Å². The van der Waals surface area contributed by atoms with Crippen molar-refractivity contribution in [3.63, 3.8) is 0 Å². The van der Waals surface area contributed by atoms with Gasteiger partial charge < -0.3 is 5.21 Å². The Morgan fingerprint density at radius 3 is 0.796 bits per heavy atom. The van der Waals surface area contributed by atoms with Crippen LogP contribution in [0.5, 0.6) is 0 Å². The van der Waals surface area contributed by atoms with Crippen LogP contribution >= 0.6 is 0 Å². The predicted octanol–water partition coefficient (Wildman–Crippen LogP) is 13.9. The highest BCUT2D eigenvalue weighted by molar-refractivity contribution is 7.88. The van der Waals surface area contributed by atoms with Crippen molar-refractivity contribution in [1.29, 1.82) is 0 Å². The summed E-state index contributed by atoms with van der Waals surface area (Å²) in [5.74, 6) is 0. The molecule has 0 heterocycles. The summed E-state index contributed by atoms with van der Waals surface area (Å²) >= 11 is 0. The van der Waals surface area contributed by atoms with E-state index in [9.17, 15) is 109 Å². The molecule has 103 heavy (non-hydrogen) atoms. The van der Waals surface area contributed by atoms with Gasteiger partial charge in [-0.2, -0.15) is 108 Å². The average molecular weight is 1560 g/mol. The van der Waals surface area contributed by atoms with E-state index in [1.165, 1.54) is 97.1 Å². The van der Waals surface area contributed by atoms with Crippen LogP contribution in [0.15, 0.2) is 267 Å². The second kappa shape index (κ2) is 28.6. The lowest BCUT2D eigenvalue weighted by Gasteiger charge is -2.08. The standard InChI is InChI=1S/C60H42N10O25S8/c71-70(50-24-10-38(58(32-50)101(87,88)89)4-3-36-6-12-48(30-56(36)99(81,82)83)68-64-44-22-18-42(19-23-44)62-66-46-14-9-40-26-52(97(75,76)77)34-60(54(40)28-46)103(93,94)95)69-49-15-7-37(57(31-49)100(84,85)86)2-1-35-5-11-47(29-55(35)98(78,79)80)67-63-43-20-16-41(17-21-43)61-65-45-13-8-39-25-51(96(72,73)74)33-59(53(39)27-45)102(90,91)92/h1-34H,(H,72,73,74)(H,75,76,77)(H,78,79,80)(H,81,82,83)(H,84,85,86)(H,87,88,89)(H,90,91,92)(H,93,94,95)/b2-1-,4-3-,65-61?,66-62?,67-63?,68-64?,70-69?. The van der Waals surface area contributed by atoms with Crippen LogP contribution in [0.25, 0.3) is 45.8 Å². The molecule has 0 bridgehead atoms. The van der Waals surface area contributed by atoms with Gasteiger partial charge >= 0.3 is 0 Å². The molecular weight excluding hydrogens is 1520 g/mol. The van der Waals surface area contributed by atoms with E-state index < -0.39 is 131 Å². The highest BCUT2D eigenvalue weighted by Gasteiger charge is 2.26. The molecule has 0 amide bonds. The molecule has 0 aromatic heterocycles. The Kier molecular flexibility index (Phi) is 20.8. The van der Waals surface area contributed by atoms with E-state index in [-0.39, 0.29) is 94.2 Å². The minimum absolute atomic E-state index is 0.0201. The van der Waals surface area contributed by atoms with E-state index >= 15 is 0 Å². The number of azo groups is 5. The molecule has 0 atom stereocenters. The Bertz CT molecular complexity index is 6420. The topological polar surface area (TPSA) is 572 Å². The molecule has 0 aliphatic rings. The van der Waals surface area contributed by atoms with Crippen LogP contribution in [-0.4, -0.2) is 109 Å². The molecular formula is C60H42N10O25S8. The van der Waals surface area contributed by atoms with Crippen molar-refractivity contribution in [2.24, 2.45) is 46.0 Å². The lowest BCUT2D eigenvalue weighted by molar-refractivity contribution is -0.435. The largest absolute Gasteiger partial charge is 0.594 e. The van der Waals surface area contributed by atoms with Crippen LogP contribution in [0.2, 0.25) is 0 Å². The lowest BCUT2D eigenvalue weighted by Crippen LogP contribution is -2.04. The highest BCUT2D eigenvalue weighted by atomic mass is 32.2. The Morgan fingerprint density at radius 2 is 0.495 bits per heavy atom. The Hall–Kier alpha value is -10.7. The van der Waals surface area contributed by atoms with Gasteiger partial charge in [-0.15, -0.1) is 0 Å².